The molecule has 0 saturated heterocycles. The first-order valence-corrected chi connectivity index (χ1v) is 7.70. The van der Waals surface area contributed by atoms with Crippen molar-refractivity contribution in [1.29, 1.82) is 0 Å². The lowest BCUT2D eigenvalue weighted by atomic mass is 9.74. The predicted octanol–water partition coefficient (Wildman–Crippen LogP) is 2.79. The molecule has 0 bridgehead atoms. The molecule has 3 heterocycles. The third-order valence-corrected chi connectivity index (χ3v) is 4.32. The molecule has 2 aromatic rings. The molecule has 2 aliphatic rings. The number of carbonyl (C=O) groups is 1. The normalized spacial score (nSPS) is 21.7. The SMILES string of the molecule is CC1(C)CC(=O)C2=C(C1)Nc1nonc1NC2c1ccc([N+](=O)[O-])o1. The minimum atomic E-state index is -0.715. The smallest absolute Gasteiger partial charge is 0.403 e. The fraction of sp³-hybridized carbons (Fsp3) is 0.400. The molecule has 4 rings (SSSR count). The van der Waals surface area contributed by atoms with Crippen LogP contribution in [0.3, 0.4) is 0 Å². The lowest BCUT2D eigenvalue weighted by Crippen LogP contribution is -2.31. The first-order valence-electron chi connectivity index (χ1n) is 7.70. The molecule has 0 saturated carbocycles. The Morgan fingerprint density at radius 1 is 1.28 bits per heavy atom. The molecule has 0 radical (unpaired) electrons. The van der Waals surface area contributed by atoms with E-state index in [1.807, 2.05) is 13.8 Å². The number of ketones is 1. The average molecular weight is 345 g/mol. The van der Waals surface area contributed by atoms with Crippen LogP contribution in [0.25, 0.3) is 0 Å². The van der Waals surface area contributed by atoms with Crippen LogP contribution in [0.2, 0.25) is 0 Å². The van der Waals surface area contributed by atoms with Gasteiger partial charge in [0.1, 0.15) is 16.7 Å². The Bertz CT molecular complexity index is 909. The van der Waals surface area contributed by atoms with Gasteiger partial charge in [0.15, 0.2) is 5.78 Å². The highest BCUT2D eigenvalue weighted by molar-refractivity contribution is 6.00. The number of furan rings is 1. The van der Waals surface area contributed by atoms with Crippen LogP contribution in [-0.4, -0.2) is 21.0 Å². The number of fused-ring (bicyclic) bond motifs is 1. The number of hydrogen-bond acceptors (Lipinski definition) is 9. The fourth-order valence-corrected chi connectivity index (χ4v) is 3.31. The number of hydrogen-bond donors (Lipinski definition) is 2. The lowest BCUT2D eigenvalue weighted by Gasteiger charge is -2.33. The van der Waals surface area contributed by atoms with Crippen molar-refractivity contribution in [2.45, 2.75) is 32.7 Å². The molecular weight excluding hydrogens is 330 g/mol. The molecule has 0 aromatic carbocycles. The van der Waals surface area contributed by atoms with Crippen LogP contribution in [0.4, 0.5) is 17.5 Å². The second kappa shape index (κ2) is 5.16. The van der Waals surface area contributed by atoms with E-state index in [9.17, 15) is 14.9 Å². The van der Waals surface area contributed by atoms with Crippen molar-refractivity contribution in [2.75, 3.05) is 10.6 Å². The van der Waals surface area contributed by atoms with Gasteiger partial charge in [-0.15, -0.1) is 0 Å². The van der Waals surface area contributed by atoms with Crippen molar-refractivity contribution >= 4 is 23.3 Å². The Labute approximate surface area is 141 Å². The van der Waals surface area contributed by atoms with Crippen molar-refractivity contribution in [3.05, 3.63) is 39.3 Å². The number of nitrogens with zero attached hydrogens (tertiary/aromatic N) is 3. The quantitative estimate of drug-likeness (QED) is 0.621. The van der Waals surface area contributed by atoms with Gasteiger partial charge >= 0.3 is 5.88 Å². The van der Waals surface area contributed by atoms with E-state index < -0.39 is 16.8 Å². The first kappa shape index (κ1) is 15.4. The largest absolute Gasteiger partial charge is 0.433 e. The number of nitrogens with one attached hydrogen (secondary N) is 2. The Morgan fingerprint density at radius 3 is 2.76 bits per heavy atom. The summed E-state index contributed by atoms with van der Waals surface area (Å²) in [7, 11) is 0. The van der Waals surface area contributed by atoms with E-state index in [1.165, 1.54) is 12.1 Å². The fourth-order valence-electron chi connectivity index (χ4n) is 3.31. The molecule has 0 fully saturated rings. The molecule has 1 aliphatic carbocycles. The number of anilines is 2. The number of nitro groups is 1. The van der Waals surface area contributed by atoms with Crippen LogP contribution >= 0.6 is 0 Å². The van der Waals surface area contributed by atoms with Gasteiger partial charge in [-0.25, -0.2) is 4.63 Å². The van der Waals surface area contributed by atoms with Crippen molar-refractivity contribution < 1.29 is 18.8 Å². The minimum Gasteiger partial charge on any atom is -0.403 e. The van der Waals surface area contributed by atoms with Gasteiger partial charge in [0.05, 0.1) is 6.07 Å². The van der Waals surface area contributed by atoms with Gasteiger partial charge in [0.2, 0.25) is 11.6 Å². The number of carbonyl (C=O) groups excluding carboxylic acids is 1. The maximum absolute atomic E-state index is 12.8. The summed E-state index contributed by atoms with van der Waals surface area (Å²) in [5.41, 5.74) is 0.945. The third-order valence-electron chi connectivity index (χ3n) is 4.32. The molecule has 10 heteroatoms. The van der Waals surface area contributed by atoms with Crippen molar-refractivity contribution in [1.82, 2.24) is 10.3 Å². The predicted molar refractivity (Wildman–Crippen MR) is 84.7 cm³/mol. The van der Waals surface area contributed by atoms with Gasteiger partial charge in [-0.1, -0.05) is 13.8 Å². The molecule has 0 spiro atoms. The zero-order valence-corrected chi connectivity index (χ0v) is 13.5. The maximum atomic E-state index is 12.8. The van der Waals surface area contributed by atoms with Gasteiger partial charge in [-0.05, 0) is 28.2 Å². The Morgan fingerprint density at radius 2 is 2.04 bits per heavy atom. The summed E-state index contributed by atoms with van der Waals surface area (Å²) in [6.07, 6.45) is 0.977. The summed E-state index contributed by atoms with van der Waals surface area (Å²) >= 11 is 0. The Kier molecular flexibility index (Phi) is 3.17. The van der Waals surface area contributed by atoms with Crippen molar-refractivity contribution in [3.8, 4) is 0 Å². The molecule has 2 aromatic heterocycles. The van der Waals surface area contributed by atoms with Gasteiger partial charge in [-0.3, -0.25) is 14.9 Å². The zero-order valence-electron chi connectivity index (χ0n) is 13.5. The van der Waals surface area contributed by atoms with Crippen LogP contribution in [-0.2, 0) is 4.79 Å². The van der Waals surface area contributed by atoms with Crippen LogP contribution in [0.5, 0.6) is 0 Å². The number of allylic oxidation sites excluding steroid dienone is 1. The van der Waals surface area contributed by atoms with E-state index in [2.05, 4.69) is 20.9 Å². The first-order chi connectivity index (χ1) is 11.8. The summed E-state index contributed by atoms with van der Waals surface area (Å²) < 4.78 is 10.1. The number of rotatable bonds is 2. The van der Waals surface area contributed by atoms with Crippen molar-refractivity contribution in [2.24, 2.45) is 5.41 Å². The monoisotopic (exact) mass is 345 g/mol. The highest BCUT2D eigenvalue weighted by Crippen LogP contribution is 2.45. The summed E-state index contributed by atoms with van der Waals surface area (Å²) in [5, 5.41) is 24.6. The van der Waals surface area contributed by atoms with E-state index in [1.54, 1.807) is 0 Å². The molecule has 1 unspecified atom stereocenters. The van der Waals surface area contributed by atoms with E-state index in [0.29, 0.717) is 35.7 Å². The topological polar surface area (TPSA) is 136 Å². The van der Waals surface area contributed by atoms with Gasteiger partial charge in [0, 0.05) is 17.7 Å². The maximum Gasteiger partial charge on any atom is 0.433 e. The molecule has 2 N–H and O–H groups in total. The molecule has 1 atom stereocenters. The molecule has 130 valence electrons. The van der Waals surface area contributed by atoms with Gasteiger partial charge in [-0.2, -0.15) is 0 Å². The van der Waals surface area contributed by atoms with Crippen LogP contribution in [0, 0.1) is 15.5 Å². The highest BCUT2D eigenvalue weighted by Gasteiger charge is 2.41. The number of Topliss-reactive ketones (excluding diaryl/α,β-unsaturated/α-hetero) is 1. The van der Waals surface area contributed by atoms with Gasteiger partial charge in [0.25, 0.3) is 0 Å². The number of aromatic nitrogens is 2. The third kappa shape index (κ3) is 2.55. The van der Waals surface area contributed by atoms with E-state index >= 15 is 0 Å². The summed E-state index contributed by atoms with van der Waals surface area (Å²) in [6, 6.07) is 2.02. The molecule has 25 heavy (non-hydrogen) atoms. The van der Waals surface area contributed by atoms with Crippen LogP contribution in [0.1, 0.15) is 38.5 Å². The zero-order chi connectivity index (χ0) is 17.8. The highest BCUT2D eigenvalue weighted by atomic mass is 16.6. The van der Waals surface area contributed by atoms with E-state index in [4.69, 9.17) is 9.05 Å². The Hall–Kier alpha value is -3.17. The second-order valence-electron chi connectivity index (χ2n) is 6.93. The molecule has 10 nitrogen and oxygen atoms in total. The standard InChI is InChI=1S/C15H15N5O5/c1-15(2)5-7-11(8(21)6-15)12(9-3-4-10(24-9)20(22)23)17-14-13(16-7)18-25-19-14/h3-4,12H,5-6H2,1-2H3,(H,16,18)(H,17,19). The van der Waals surface area contributed by atoms with Crippen LogP contribution in [0.15, 0.2) is 32.4 Å². The van der Waals surface area contributed by atoms with E-state index in [0.717, 1.165) is 0 Å². The molecule has 1 aliphatic heterocycles. The molecule has 0 amide bonds. The van der Waals surface area contributed by atoms with Gasteiger partial charge < -0.3 is 15.1 Å². The average Bonchev–Trinajstić information content (AvgIpc) is 3.12. The van der Waals surface area contributed by atoms with Crippen molar-refractivity contribution in [3.63, 3.8) is 0 Å². The summed E-state index contributed by atoms with van der Waals surface area (Å²) in [5.74, 6) is 0.478. The molecular formula is C15H15N5O5. The summed E-state index contributed by atoms with van der Waals surface area (Å²) in [4.78, 5) is 23.1. The Balaban J connectivity index is 1.85. The van der Waals surface area contributed by atoms with Crippen LogP contribution < -0.4 is 10.6 Å². The second-order valence-corrected chi connectivity index (χ2v) is 6.93. The summed E-state index contributed by atoms with van der Waals surface area (Å²) in [6.45, 7) is 4.01. The minimum absolute atomic E-state index is 0.0580. The lowest BCUT2D eigenvalue weighted by molar-refractivity contribution is -0.402. The van der Waals surface area contributed by atoms with E-state index in [-0.39, 0.29) is 17.0 Å².